The Balaban J connectivity index is 1.18. The van der Waals surface area contributed by atoms with Gasteiger partial charge >= 0.3 is 0 Å². The van der Waals surface area contributed by atoms with Crippen LogP contribution in [0.4, 0.5) is 0 Å². The van der Waals surface area contributed by atoms with Gasteiger partial charge in [0.1, 0.15) is 16.7 Å². The Bertz CT molecular complexity index is 3160. The molecule has 0 aliphatic heterocycles. The van der Waals surface area contributed by atoms with Gasteiger partial charge < -0.3 is 8.83 Å². The summed E-state index contributed by atoms with van der Waals surface area (Å²) in [5.41, 5.74) is 9.11. The Labute approximate surface area is 290 Å². The van der Waals surface area contributed by atoms with Crippen LogP contribution < -0.4 is 0 Å². The minimum absolute atomic E-state index is 0.518. The van der Waals surface area contributed by atoms with Gasteiger partial charge in [-0.25, -0.2) is 4.98 Å². The van der Waals surface area contributed by atoms with E-state index < -0.39 is 0 Å². The second-order valence-corrected chi connectivity index (χ2v) is 12.7. The number of rotatable bonds is 4. The lowest BCUT2D eigenvalue weighted by atomic mass is 9.98. The predicted molar refractivity (Wildman–Crippen MR) is 203 cm³/mol. The van der Waals surface area contributed by atoms with Gasteiger partial charge in [0.25, 0.3) is 0 Å². The molecule has 0 aliphatic rings. The minimum Gasteiger partial charge on any atom is -0.456 e. The molecular weight excluding hydrogens is 631 g/mol. The van der Waals surface area contributed by atoms with Crippen LogP contribution in [-0.2, 0) is 0 Å². The lowest BCUT2D eigenvalue weighted by Gasteiger charge is -2.11. The smallest absolute Gasteiger partial charge is 0.238 e. The molecule has 0 amide bonds. The Kier molecular flexibility index (Phi) is 5.83. The van der Waals surface area contributed by atoms with Gasteiger partial charge in [-0.1, -0.05) is 103 Å². The van der Waals surface area contributed by atoms with E-state index in [0.717, 1.165) is 82.4 Å². The molecule has 5 aromatic heterocycles. The van der Waals surface area contributed by atoms with Crippen LogP contribution in [0.3, 0.4) is 0 Å². The molecule has 11 rings (SSSR count). The number of aromatic nitrogens is 5. The number of furan rings is 2. The third-order valence-electron chi connectivity index (χ3n) is 9.77. The standard InChI is InChI=1S/C44H25N5O2/c1-2-11-26(12-3-1)42-46-43(33-24-45-25-39-41(33)31-15-6-9-19-37(31)51-39)48-44(47-42)49-34-17-7-4-13-29(34)32-23-27(21-22-35(32)49)28-16-10-20-38-40(28)30-14-5-8-18-36(30)50-38/h1-25H. The minimum atomic E-state index is 0.518. The average molecular weight is 656 g/mol. The maximum atomic E-state index is 6.24. The zero-order chi connectivity index (χ0) is 33.5. The Morgan fingerprint density at radius 3 is 1.88 bits per heavy atom. The number of nitrogens with zero attached hydrogens (tertiary/aromatic N) is 5. The molecule has 0 radical (unpaired) electrons. The van der Waals surface area contributed by atoms with Crippen LogP contribution in [0.15, 0.2) is 161 Å². The van der Waals surface area contributed by atoms with Crippen LogP contribution in [0.25, 0.3) is 106 Å². The molecule has 7 nitrogen and oxygen atoms in total. The second-order valence-electron chi connectivity index (χ2n) is 12.7. The fraction of sp³-hybridized carbons (Fsp3) is 0. The Morgan fingerprint density at radius 1 is 0.412 bits per heavy atom. The van der Waals surface area contributed by atoms with Crippen molar-refractivity contribution in [3.8, 4) is 39.9 Å². The van der Waals surface area contributed by atoms with E-state index in [2.05, 4.69) is 82.3 Å². The van der Waals surface area contributed by atoms with Crippen molar-refractivity contribution in [3.63, 3.8) is 0 Å². The highest BCUT2D eigenvalue weighted by molar-refractivity contribution is 6.15. The van der Waals surface area contributed by atoms with E-state index in [1.807, 2.05) is 72.9 Å². The van der Waals surface area contributed by atoms with Crippen molar-refractivity contribution in [2.75, 3.05) is 0 Å². The third kappa shape index (κ3) is 4.18. The lowest BCUT2D eigenvalue weighted by Crippen LogP contribution is -2.06. The third-order valence-corrected chi connectivity index (χ3v) is 9.77. The summed E-state index contributed by atoms with van der Waals surface area (Å²) < 4.78 is 14.6. The van der Waals surface area contributed by atoms with Crippen LogP contribution >= 0.6 is 0 Å². The molecule has 0 saturated carbocycles. The molecule has 0 spiro atoms. The molecule has 0 fully saturated rings. The summed E-state index contributed by atoms with van der Waals surface area (Å²) in [6.07, 6.45) is 3.56. The molecule has 5 heterocycles. The normalized spacial score (nSPS) is 11.9. The summed E-state index contributed by atoms with van der Waals surface area (Å²) >= 11 is 0. The van der Waals surface area contributed by atoms with Gasteiger partial charge in [0.15, 0.2) is 17.2 Å². The van der Waals surface area contributed by atoms with Crippen LogP contribution in [0.1, 0.15) is 0 Å². The zero-order valence-electron chi connectivity index (χ0n) is 27.0. The molecule has 11 aromatic rings. The maximum absolute atomic E-state index is 6.24. The number of benzene rings is 6. The maximum Gasteiger partial charge on any atom is 0.238 e. The first-order chi connectivity index (χ1) is 25.3. The van der Waals surface area contributed by atoms with E-state index in [9.17, 15) is 0 Å². The summed E-state index contributed by atoms with van der Waals surface area (Å²) in [6.45, 7) is 0. The topological polar surface area (TPSA) is 82.8 Å². The SMILES string of the molecule is c1ccc(-c2nc(-c3cncc4oc5ccccc5c34)nc(-n3c4ccccc4c4cc(-c5cccc6oc7ccccc7c56)ccc43)n2)cc1. The molecule has 0 unspecified atom stereocenters. The molecule has 7 heteroatoms. The number of hydrogen-bond donors (Lipinski definition) is 0. The van der Waals surface area contributed by atoms with Crippen LogP contribution in [-0.4, -0.2) is 24.5 Å². The number of fused-ring (bicyclic) bond motifs is 9. The van der Waals surface area contributed by atoms with Gasteiger partial charge in [0.05, 0.1) is 17.2 Å². The molecule has 0 bridgehead atoms. The van der Waals surface area contributed by atoms with E-state index in [0.29, 0.717) is 23.2 Å². The van der Waals surface area contributed by atoms with Gasteiger partial charge in [-0.2, -0.15) is 9.97 Å². The highest BCUT2D eigenvalue weighted by Crippen LogP contribution is 2.40. The fourth-order valence-electron chi connectivity index (χ4n) is 7.52. The number of para-hydroxylation sites is 3. The predicted octanol–water partition coefficient (Wildman–Crippen LogP) is 11.2. The number of pyridine rings is 1. The summed E-state index contributed by atoms with van der Waals surface area (Å²) in [4.78, 5) is 19.9. The highest BCUT2D eigenvalue weighted by Gasteiger charge is 2.21. The van der Waals surface area contributed by atoms with Gasteiger partial charge in [-0.05, 0) is 47.5 Å². The van der Waals surface area contributed by atoms with Crippen LogP contribution in [0, 0.1) is 0 Å². The van der Waals surface area contributed by atoms with Gasteiger partial charge in [-0.3, -0.25) is 9.55 Å². The molecule has 0 aliphatic carbocycles. The zero-order valence-corrected chi connectivity index (χ0v) is 27.0. The lowest BCUT2D eigenvalue weighted by molar-refractivity contribution is 0.667. The summed E-state index contributed by atoms with van der Waals surface area (Å²) in [5, 5.41) is 6.32. The van der Waals surface area contributed by atoms with E-state index >= 15 is 0 Å². The first-order valence-corrected chi connectivity index (χ1v) is 16.8. The van der Waals surface area contributed by atoms with Crippen molar-refractivity contribution in [2.24, 2.45) is 0 Å². The van der Waals surface area contributed by atoms with Gasteiger partial charge in [0.2, 0.25) is 5.95 Å². The van der Waals surface area contributed by atoms with Crippen molar-refractivity contribution in [2.45, 2.75) is 0 Å². The summed E-state index contributed by atoms with van der Waals surface area (Å²) in [7, 11) is 0. The summed E-state index contributed by atoms with van der Waals surface area (Å²) in [6, 6.07) is 47.5. The van der Waals surface area contributed by atoms with Gasteiger partial charge in [0, 0.05) is 49.6 Å². The molecular formula is C44H25N5O2. The van der Waals surface area contributed by atoms with Crippen molar-refractivity contribution < 1.29 is 8.83 Å². The second kappa shape index (κ2) is 10.7. The summed E-state index contributed by atoms with van der Waals surface area (Å²) in [5.74, 6) is 1.61. The van der Waals surface area contributed by atoms with Gasteiger partial charge in [-0.15, -0.1) is 0 Å². The first-order valence-electron chi connectivity index (χ1n) is 16.8. The number of hydrogen-bond acceptors (Lipinski definition) is 6. The Hall–Kier alpha value is -7.12. The molecule has 51 heavy (non-hydrogen) atoms. The van der Waals surface area contributed by atoms with Crippen LogP contribution in [0.5, 0.6) is 0 Å². The van der Waals surface area contributed by atoms with E-state index in [1.165, 1.54) is 0 Å². The largest absolute Gasteiger partial charge is 0.456 e. The molecule has 238 valence electrons. The fourth-order valence-corrected chi connectivity index (χ4v) is 7.52. The monoisotopic (exact) mass is 655 g/mol. The van der Waals surface area contributed by atoms with Crippen molar-refractivity contribution in [1.29, 1.82) is 0 Å². The Morgan fingerprint density at radius 2 is 1.06 bits per heavy atom. The molecule has 6 aromatic carbocycles. The molecule has 0 saturated heterocycles. The van der Waals surface area contributed by atoms with Crippen molar-refractivity contribution in [1.82, 2.24) is 24.5 Å². The van der Waals surface area contributed by atoms with Crippen molar-refractivity contribution >= 4 is 65.7 Å². The average Bonchev–Trinajstić information content (AvgIpc) is 3.87. The first kappa shape index (κ1) is 27.8. The molecule has 0 atom stereocenters. The van der Waals surface area contributed by atoms with Crippen LogP contribution in [0.2, 0.25) is 0 Å². The van der Waals surface area contributed by atoms with E-state index in [1.54, 1.807) is 6.20 Å². The van der Waals surface area contributed by atoms with Crippen molar-refractivity contribution in [3.05, 3.63) is 152 Å². The molecule has 0 N–H and O–H groups in total. The highest BCUT2D eigenvalue weighted by atomic mass is 16.3. The van der Waals surface area contributed by atoms with E-state index in [4.69, 9.17) is 23.8 Å². The van der Waals surface area contributed by atoms with E-state index in [-0.39, 0.29) is 0 Å². The quantitative estimate of drug-likeness (QED) is 0.188.